The second-order valence-electron chi connectivity index (χ2n) is 5.99. The minimum atomic E-state index is 0.0564. The van der Waals surface area contributed by atoms with Crippen molar-refractivity contribution in [1.29, 1.82) is 0 Å². The summed E-state index contributed by atoms with van der Waals surface area (Å²) in [5.41, 5.74) is 1.70. The SMILES string of the molecule is C[C@H]1CNCCN1C(=O)c1cccc(OCc2ccc(Cl)cc2)c1. The quantitative estimate of drug-likeness (QED) is 0.924. The molecule has 3 rings (SSSR count). The van der Waals surface area contributed by atoms with E-state index in [1.54, 1.807) is 0 Å². The molecule has 0 radical (unpaired) electrons. The van der Waals surface area contributed by atoms with E-state index in [4.69, 9.17) is 16.3 Å². The Morgan fingerprint density at radius 2 is 2.08 bits per heavy atom. The molecule has 1 saturated heterocycles. The van der Waals surface area contributed by atoms with Crippen molar-refractivity contribution in [3.63, 3.8) is 0 Å². The van der Waals surface area contributed by atoms with Gasteiger partial charge in [0.25, 0.3) is 5.91 Å². The number of rotatable bonds is 4. The Morgan fingerprint density at radius 1 is 1.29 bits per heavy atom. The fourth-order valence-corrected chi connectivity index (χ4v) is 2.90. The van der Waals surface area contributed by atoms with Crippen molar-refractivity contribution in [3.05, 3.63) is 64.7 Å². The first kappa shape index (κ1) is 16.8. The lowest BCUT2D eigenvalue weighted by Gasteiger charge is -2.34. The number of halogens is 1. The van der Waals surface area contributed by atoms with Gasteiger partial charge in [0.2, 0.25) is 0 Å². The lowest BCUT2D eigenvalue weighted by molar-refractivity contribution is 0.0655. The van der Waals surface area contributed by atoms with Crippen molar-refractivity contribution in [3.8, 4) is 5.75 Å². The molecule has 1 N–H and O–H groups in total. The molecule has 0 bridgehead atoms. The predicted molar refractivity (Wildman–Crippen MR) is 95.6 cm³/mol. The van der Waals surface area contributed by atoms with Gasteiger partial charge in [-0.05, 0) is 42.8 Å². The minimum Gasteiger partial charge on any atom is -0.489 e. The summed E-state index contributed by atoms with van der Waals surface area (Å²) < 4.78 is 5.81. The standard InChI is InChI=1S/C19H21ClN2O2/c1-14-12-21-9-10-22(14)19(23)16-3-2-4-18(11-16)24-13-15-5-7-17(20)8-6-15/h2-8,11,14,21H,9-10,12-13H2,1H3/t14-/m0/s1. The van der Waals surface area contributed by atoms with E-state index < -0.39 is 0 Å². The summed E-state index contributed by atoms with van der Waals surface area (Å²) >= 11 is 5.88. The van der Waals surface area contributed by atoms with Crippen LogP contribution in [0.25, 0.3) is 0 Å². The van der Waals surface area contributed by atoms with Crippen LogP contribution in [0, 0.1) is 0 Å². The van der Waals surface area contributed by atoms with Gasteiger partial charge in [-0.2, -0.15) is 0 Å². The number of piperazine rings is 1. The molecule has 1 heterocycles. The zero-order chi connectivity index (χ0) is 16.9. The molecule has 24 heavy (non-hydrogen) atoms. The molecule has 5 heteroatoms. The highest BCUT2D eigenvalue weighted by Crippen LogP contribution is 2.18. The molecule has 0 spiro atoms. The Hall–Kier alpha value is -2.04. The van der Waals surface area contributed by atoms with Gasteiger partial charge in [-0.3, -0.25) is 4.79 Å². The van der Waals surface area contributed by atoms with Crippen LogP contribution in [0.4, 0.5) is 0 Å². The average molecular weight is 345 g/mol. The monoisotopic (exact) mass is 344 g/mol. The molecule has 1 aliphatic heterocycles. The highest BCUT2D eigenvalue weighted by Gasteiger charge is 2.24. The molecule has 0 saturated carbocycles. The normalized spacial score (nSPS) is 17.6. The summed E-state index contributed by atoms with van der Waals surface area (Å²) in [4.78, 5) is 14.6. The van der Waals surface area contributed by atoms with E-state index in [2.05, 4.69) is 12.2 Å². The van der Waals surface area contributed by atoms with Crippen LogP contribution in [0.1, 0.15) is 22.8 Å². The Morgan fingerprint density at radius 3 is 2.83 bits per heavy atom. The third kappa shape index (κ3) is 4.08. The smallest absolute Gasteiger partial charge is 0.254 e. The third-order valence-electron chi connectivity index (χ3n) is 4.16. The topological polar surface area (TPSA) is 41.6 Å². The Labute approximate surface area is 147 Å². The van der Waals surface area contributed by atoms with Crippen molar-refractivity contribution in [1.82, 2.24) is 10.2 Å². The number of hydrogen-bond donors (Lipinski definition) is 1. The van der Waals surface area contributed by atoms with Gasteiger partial charge >= 0.3 is 0 Å². The van der Waals surface area contributed by atoms with Crippen LogP contribution in [0.3, 0.4) is 0 Å². The molecule has 0 aliphatic carbocycles. The van der Waals surface area contributed by atoms with E-state index in [-0.39, 0.29) is 11.9 Å². The summed E-state index contributed by atoms with van der Waals surface area (Å²) in [6.07, 6.45) is 0. The molecule has 2 aromatic carbocycles. The average Bonchev–Trinajstić information content (AvgIpc) is 2.61. The van der Waals surface area contributed by atoms with E-state index in [9.17, 15) is 4.79 Å². The number of carbonyl (C=O) groups excluding carboxylic acids is 1. The van der Waals surface area contributed by atoms with Gasteiger partial charge in [-0.15, -0.1) is 0 Å². The number of carbonyl (C=O) groups is 1. The highest BCUT2D eigenvalue weighted by atomic mass is 35.5. The first-order chi connectivity index (χ1) is 11.6. The van der Waals surface area contributed by atoms with Crippen molar-refractivity contribution >= 4 is 17.5 Å². The zero-order valence-electron chi connectivity index (χ0n) is 13.7. The summed E-state index contributed by atoms with van der Waals surface area (Å²) in [6, 6.07) is 15.1. The van der Waals surface area contributed by atoms with Crippen LogP contribution in [0.15, 0.2) is 48.5 Å². The second kappa shape index (κ2) is 7.69. The van der Waals surface area contributed by atoms with Crippen molar-refractivity contribution < 1.29 is 9.53 Å². The number of nitrogens with zero attached hydrogens (tertiary/aromatic N) is 1. The molecule has 0 unspecified atom stereocenters. The molecule has 1 atom stereocenters. The van der Waals surface area contributed by atoms with Crippen LogP contribution < -0.4 is 10.1 Å². The zero-order valence-corrected chi connectivity index (χ0v) is 14.4. The van der Waals surface area contributed by atoms with Crippen LogP contribution in [-0.4, -0.2) is 36.5 Å². The van der Waals surface area contributed by atoms with E-state index in [1.165, 1.54) is 0 Å². The Bertz CT molecular complexity index is 703. The first-order valence-electron chi connectivity index (χ1n) is 8.12. The first-order valence-corrected chi connectivity index (χ1v) is 8.50. The van der Waals surface area contributed by atoms with Crippen LogP contribution in [0.2, 0.25) is 5.02 Å². The molecule has 4 nitrogen and oxygen atoms in total. The maximum atomic E-state index is 12.7. The molecule has 1 fully saturated rings. The van der Waals surface area contributed by atoms with Crippen molar-refractivity contribution in [2.75, 3.05) is 19.6 Å². The third-order valence-corrected chi connectivity index (χ3v) is 4.41. The van der Waals surface area contributed by atoms with Gasteiger partial charge in [0, 0.05) is 36.3 Å². The van der Waals surface area contributed by atoms with E-state index in [0.29, 0.717) is 22.9 Å². The van der Waals surface area contributed by atoms with E-state index >= 15 is 0 Å². The summed E-state index contributed by atoms with van der Waals surface area (Å²) in [5.74, 6) is 0.750. The molecule has 1 aliphatic rings. The largest absolute Gasteiger partial charge is 0.489 e. The van der Waals surface area contributed by atoms with E-state index in [1.807, 2.05) is 53.4 Å². The van der Waals surface area contributed by atoms with Crippen LogP contribution in [0.5, 0.6) is 5.75 Å². The molecule has 126 valence electrons. The molecular weight excluding hydrogens is 324 g/mol. The fourth-order valence-electron chi connectivity index (χ4n) is 2.77. The van der Waals surface area contributed by atoms with Gasteiger partial charge in [0.1, 0.15) is 12.4 Å². The molecule has 2 aromatic rings. The van der Waals surface area contributed by atoms with Gasteiger partial charge in [-0.25, -0.2) is 0 Å². The maximum Gasteiger partial charge on any atom is 0.254 e. The lowest BCUT2D eigenvalue weighted by atomic mass is 10.1. The lowest BCUT2D eigenvalue weighted by Crippen LogP contribution is -2.52. The summed E-state index contributed by atoms with van der Waals surface area (Å²) in [7, 11) is 0. The predicted octanol–water partition coefficient (Wildman–Crippen LogP) is 3.35. The Balaban J connectivity index is 1.67. The molecule has 1 amide bonds. The van der Waals surface area contributed by atoms with Crippen LogP contribution in [-0.2, 0) is 6.61 Å². The number of benzene rings is 2. The highest BCUT2D eigenvalue weighted by molar-refractivity contribution is 6.30. The number of hydrogen-bond acceptors (Lipinski definition) is 3. The van der Waals surface area contributed by atoms with E-state index in [0.717, 1.165) is 25.2 Å². The summed E-state index contributed by atoms with van der Waals surface area (Å²) in [5, 5.41) is 4.00. The van der Waals surface area contributed by atoms with Gasteiger partial charge in [0.15, 0.2) is 0 Å². The number of ether oxygens (including phenoxy) is 1. The van der Waals surface area contributed by atoms with Gasteiger partial charge < -0.3 is 15.0 Å². The Kier molecular flexibility index (Phi) is 5.38. The number of amides is 1. The number of nitrogens with one attached hydrogen (secondary N) is 1. The van der Waals surface area contributed by atoms with Crippen molar-refractivity contribution in [2.24, 2.45) is 0 Å². The second-order valence-corrected chi connectivity index (χ2v) is 6.43. The van der Waals surface area contributed by atoms with Crippen molar-refractivity contribution in [2.45, 2.75) is 19.6 Å². The molecule has 0 aromatic heterocycles. The maximum absolute atomic E-state index is 12.7. The van der Waals surface area contributed by atoms with Crippen LogP contribution >= 0.6 is 11.6 Å². The summed E-state index contributed by atoms with van der Waals surface area (Å²) in [6.45, 7) is 4.90. The fraction of sp³-hybridized carbons (Fsp3) is 0.316. The van der Waals surface area contributed by atoms with Gasteiger partial charge in [-0.1, -0.05) is 29.8 Å². The van der Waals surface area contributed by atoms with Gasteiger partial charge in [0.05, 0.1) is 0 Å². The molecular formula is C19H21ClN2O2. The minimum absolute atomic E-state index is 0.0564.